The van der Waals surface area contributed by atoms with Crippen molar-refractivity contribution in [2.24, 2.45) is 0 Å². The molecule has 0 aliphatic carbocycles. The number of aromatic carboxylic acids is 1. The summed E-state index contributed by atoms with van der Waals surface area (Å²) in [4.78, 5) is 33.1. The Bertz CT molecular complexity index is 703. The zero-order valence-electron chi connectivity index (χ0n) is 10.1. The third-order valence-corrected chi connectivity index (χ3v) is 4.52. The molecule has 0 saturated heterocycles. The third kappa shape index (κ3) is 2.68. The van der Waals surface area contributed by atoms with Crippen molar-refractivity contribution in [1.82, 2.24) is 0 Å². The number of nitrogens with zero attached hydrogens (tertiary/aromatic N) is 1. The second-order valence-electron chi connectivity index (χ2n) is 3.78. The zero-order chi connectivity index (χ0) is 14.9. The van der Waals surface area contributed by atoms with Crippen molar-refractivity contribution in [1.29, 1.82) is 0 Å². The van der Waals surface area contributed by atoms with Crippen LogP contribution in [-0.4, -0.2) is 21.9 Å². The molecule has 0 fully saturated rings. The molecule has 20 heavy (non-hydrogen) atoms. The number of amides is 1. The fourth-order valence-corrected chi connectivity index (χ4v) is 3.04. The van der Waals surface area contributed by atoms with Crippen LogP contribution < -0.4 is 5.32 Å². The first-order chi connectivity index (χ1) is 9.40. The molecule has 2 heterocycles. The van der Waals surface area contributed by atoms with E-state index in [1.807, 2.05) is 0 Å². The van der Waals surface area contributed by atoms with Crippen LogP contribution in [-0.2, 0) is 0 Å². The number of carbonyl (C=O) groups is 2. The monoisotopic (exact) mass is 312 g/mol. The molecule has 2 N–H and O–H groups in total. The number of nitrogens with one attached hydrogen (secondary N) is 1. The number of thiophene rings is 2. The van der Waals surface area contributed by atoms with Gasteiger partial charge in [0.2, 0.25) is 0 Å². The van der Waals surface area contributed by atoms with Crippen LogP contribution in [0.1, 0.15) is 24.9 Å². The van der Waals surface area contributed by atoms with Crippen molar-refractivity contribution >= 4 is 45.2 Å². The predicted molar refractivity (Wildman–Crippen MR) is 74.9 cm³/mol. The molecule has 9 heteroatoms. The smallest absolute Gasteiger partial charge is 0.348 e. The molecule has 0 aliphatic rings. The van der Waals surface area contributed by atoms with Crippen LogP contribution in [0.5, 0.6) is 0 Å². The van der Waals surface area contributed by atoms with E-state index in [2.05, 4.69) is 5.32 Å². The Hall–Kier alpha value is -2.26. The SMILES string of the molecule is Cc1csc(C(=O)O)c1NC(=O)c1ccc([N+](=O)[O-])s1. The minimum Gasteiger partial charge on any atom is -0.477 e. The first-order valence-corrected chi connectivity index (χ1v) is 6.96. The van der Waals surface area contributed by atoms with Crippen molar-refractivity contribution < 1.29 is 19.6 Å². The van der Waals surface area contributed by atoms with E-state index in [0.717, 1.165) is 22.7 Å². The van der Waals surface area contributed by atoms with E-state index < -0.39 is 16.8 Å². The molecule has 0 saturated carbocycles. The summed E-state index contributed by atoms with van der Waals surface area (Å²) in [6, 6.07) is 2.57. The summed E-state index contributed by atoms with van der Waals surface area (Å²) < 4.78 is 0. The summed E-state index contributed by atoms with van der Waals surface area (Å²) in [7, 11) is 0. The molecule has 0 atom stereocenters. The lowest BCUT2D eigenvalue weighted by atomic mass is 10.2. The molecule has 2 rings (SSSR count). The molecular weight excluding hydrogens is 304 g/mol. The van der Waals surface area contributed by atoms with E-state index in [1.165, 1.54) is 12.1 Å². The second-order valence-corrected chi connectivity index (χ2v) is 5.72. The molecule has 0 spiro atoms. The summed E-state index contributed by atoms with van der Waals surface area (Å²) in [5.41, 5.74) is 0.857. The lowest BCUT2D eigenvalue weighted by molar-refractivity contribution is -0.380. The number of hydrogen-bond donors (Lipinski definition) is 2. The summed E-state index contributed by atoms with van der Waals surface area (Å²) >= 11 is 1.75. The average Bonchev–Trinajstić information content (AvgIpc) is 2.97. The van der Waals surface area contributed by atoms with E-state index in [-0.39, 0.29) is 20.4 Å². The average molecular weight is 312 g/mol. The second kappa shape index (κ2) is 5.39. The van der Waals surface area contributed by atoms with Gasteiger partial charge in [-0.3, -0.25) is 14.9 Å². The number of anilines is 1. The Morgan fingerprint density at radius 2 is 2.10 bits per heavy atom. The van der Waals surface area contributed by atoms with Crippen LogP contribution in [0, 0.1) is 17.0 Å². The molecule has 2 aromatic heterocycles. The van der Waals surface area contributed by atoms with Gasteiger partial charge in [-0.15, -0.1) is 11.3 Å². The number of hydrogen-bond acceptors (Lipinski definition) is 6. The maximum atomic E-state index is 12.0. The number of rotatable bonds is 4. The maximum Gasteiger partial charge on any atom is 0.348 e. The predicted octanol–water partition coefficient (Wildman–Crippen LogP) is 2.98. The molecule has 0 aliphatic heterocycles. The lowest BCUT2D eigenvalue weighted by Crippen LogP contribution is -2.12. The Labute approximate surface area is 120 Å². The van der Waals surface area contributed by atoms with Gasteiger partial charge in [-0.05, 0) is 23.9 Å². The Kier molecular flexibility index (Phi) is 3.81. The minimum atomic E-state index is -1.13. The molecule has 0 bridgehead atoms. The van der Waals surface area contributed by atoms with Gasteiger partial charge in [0.05, 0.1) is 15.5 Å². The van der Waals surface area contributed by atoms with E-state index in [4.69, 9.17) is 5.11 Å². The van der Waals surface area contributed by atoms with Crippen LogP contribution in [0.2, 0.25) is 0 Å². The quantitative estimate of drug-likeness (QED) is 0.666. The molecular formula is C11H8N2O5S2. The number of carbonyl (C=O) groups excluding carboxylic acids is 1. The van der Waals surface area contributed by atoms with Crippen LogP contribution in [0.4, 0.5) is 10.7 Å². The number of carboxylic acid groups (broad SMARTS) is 1. The van der Waals surface area contributed by atoms with Gasteiger partial charge >= 0.3 is 11.0 Å². The van der Waals surface area contributed by atoms with Crippen molar-refractivity contribution in [3.63, 3.8) is 0 Å². The number of aryl methyl sites for hydroxylation is 1. The number of nitro groups is 1. The maximum absolute atomic E-state index is 12.0. The molecule has 104 valence electrons. The highest BCUT2D eigenvalue weighted by Gasteiger charge is 2.20. The fraction of sp³-hybridized carbons (Fsp3) is 0.0909. The van der Waals surface area contributed by atoms with E-state index in [9.17, 15) is 19.7 Å². The summed E-state index contributed by atoms with van der Waals surface area (Å²) in [6.45, 7) is 1.68. The van der Waals surface area contributed by atoms with E-state index >= 15 is 0 Å². The van der Waals surface area contributed by atoms with Gasteiger partial charge in [-0.25, -0.2) is 4.79 Å². The van der Waals surface area contributed by atoms with Gasteiger partial charge in [0, 0.05) is 6.07 Å². The Morgan fingerprint density at radius 3 is 2.65 bits per heavy atom. The van der Waals surface area contributed by atoms with Gasteiger partial charge in [-0.1, -0.05) is 11.3 Å². The van der Waals surface area contributed by atoms with Crippen LogP contribution in [0.3, 0.4) is 0 Å². The first-order valence-electron chi connectivity index (χ1n) is 5.27. The normalized spacial score (nSPS) is 10.2. The summed E-state index contributed by atoms with van der Waals surface area (Å²) in [5, 5.41) is 23.5. The van der Waals surface area contributed by atoms with Crippen molar-refractivity contribution in [3.8, 4) is 0 Å². The number of carboxylic acids is 1. The highest BCUT2D eigenvalue weighted by Crippen LogP contribution is 2.30. The minimum absolute atomic E-state index is 0.0295. The van der Waals surface area contributed by atoms with E-state index in [1.54, 1.807) is 12.3 Å². The van der Waals surface area contributed by atoms with Crippen molar-refractivity contribution in [2.45, 2.75) is 6.92 Å². The lowest BCUT2D eigenvalue weighted by Gasteiger charge is -2.04. The van der Waals surface area contributed by atoms with Crippen LogP contribution >= 0.6 is 22.7 Å². The van der Waals surface area contributed by atoms with Gasteiger partial charge < -0.3 is 10.4 Å². The molecule has 0 unspecified atom stereocenters. The molecule has 7 nitrogen and oxygen atoms in total. The summed E-state index contributed by atoms with van der Waals surface area (Å²) in [6.07, 6.45) is 0. The van der Waals surface area contributed by atoms with Crippen molar-refractivity contribution in [2.75, 3.05) is 5.32 Å². The molecule has 1 amide bonds. The third-order valence-electron chi connectivity index (χ3n) is 2.40. The van der Waals surface area contributed by atoms with Gasteiger partial charge in [0.15, 0.2) is 0 Å². The van der Waals surface area contributed by atoms with Crippen molar-refractivity contribution in [3.05, 3.63) is 42.9 Å². The molecule has 0 radical (unpaired) electrons. The standard InChI is InChI=1S/C11H8N2O5S2/c1-5-4-19-9(11(15)16)8(5)12-10(14)6-2-3-7(20-6)13(17)18/h2-4H,1H3,(H,12,14)(H,15,16). The van der Waals surface area contributed by atoms with E-state index in [0.29, 0.717) is 5.56 Å². The molecule has 0 aromatic carbocycles. The van der Waals surface area contributed by atoms with Gasteiger partial charge in [-0.2, -0.15) is 0 Å². The topological polar surface area (TPSA) is 110 Å². The fourth-order valence-electron chi connectivity index (χ4n) is 1.48. The van der Waals surface area contributed by atoms with Crippen LogP contribution in [0.15, 0.2) is 17.5 Å². The largest absolute Gasteiger partial charge is 0.477 e. The molecule has 2 aromatic rings. The summed E-state index contributed by atoms with van der Waals surface area (Å²) in [5.74, 6) is -1.69. The highest BCUT2D eigenvalue weighted by molar-refractivity contribution is 7.17. The van der Waals surface area contributed by atoms with Gasteiger partial charge in [0.25, 0.3) is 5.91 Å². The van der Waals surface area contributed by atoms with Crippen LogP contribution in [0.25, 0.3) is 0 Å². The van der Waals surface area contributed by atoms with Gasteiger partial charge in [0.1, 0.15) is 4.88 Å². The first kappa shape index (κ1) is 14.2. The Morgan fingerprint density at radius 1 is 1.40 bits per heavy atom. The zero-order valence-corrected chi connectivity index (χ0v) is 11.7. The highest BCUT2D eigenvalue weighted by atomic mass is 32.1. The Balaban J connectivity index is 2.25.